The molecule has 1 saturated heterocycles. The number of halogens is 1. The molecule has 2 heterocycles. The molecule has 1 aromatic carbocycles. The Bertz CT molecular complexity index is 834. The molecule has 136 valence electrons. The van der Waals surface area contributed by atoms with Crippen LogP contribution < -0.4 is 5.32 Å². The van der Waals surface area contributed by atoms with Crippen LogP contribution in [0.25, 0.3) is 0 Å². The lowest BCUT2D eigenvalue weighted by Gasteiger charge is -2.15. The Morgan fingerprint density at radius 3 is 2.88 bits per heavy atom. The molecule has 1 aliphatic heterocycles. The van der Waals surface area contributed by atoms with Crippen molar-refractivity contribution in [2.75, 3.05) is 19.0 Å². The molecule has 0 spiro atoms. The van der Waals surface area contributed by atoms with Crippen molar-refractivity contribution < 1.29 is 23.5 Å². The second-order valence-corrected chi connectivity index (χ2v) is 6.34. The number of anilines is 1. The number of hydrogen-bond donors (Lipinski definition) is 1. The molecule has 2 aromatic rings. The van der Waals surface area contributed by atoms with E-state index in [1.807, 2.05) is 0 Å². The zero-order valence-corrected chi connectivity index (χ0v) is 14.8. The van der Waals surface area contributed by atoms with Crippen molar-refractivity contribution in [2.24, 2.45) is 5.92 Å². The molecule has 8 heteroatoms. The van der Waals surface area contributed by atoms with E-state index in [4.69, 9.17) is 16.0 Å². The highest BCUT2D eigenvalue weighted by Gasteiger charge is 2.34. The smallest absolute Gasteiger partial charge is 0.337 e. The van der Waals surface area contributed by atoms with Crippen molar-refractivity contribution in [2.45, 2.75) is 13.0 Å². The molecule has 3 rings (SSSR count). The van der Waals surface area contributed by atoms with Crippen molar-refractivity contribution >= 4 is 35.1 Å². The Balaban J connectivity index is 1.67. The summed E-state index contributed by atoms with van der Waals surface area (Å²) in [6, 6.07) is 7.99. The van der Waals surface area contributed by atoms with E-state index < -0.39 is 11.9 Å². The summed E-state index contributed by atoms with van der Waals surface area (Å²) in [7, 11) is 1.27. The van der Waals surface area contributed by atoms with Gasteiger partial charge in [0.25, 0.3) is 0 Å². The molecule has 1 N–H and O–H groups in total. The first-order chi connectivity index (χ1) is 12.5. The van der Waals surface area contributed by atoms with Gasteiger partial charge < -0.3 is 19.4 Å². The van der Waals surface area contributed by atoms with Crippen molar-refractivity contribution in [1.29, 1.82) is 0 Å². The first-order valence-corrected chi connectivity index (χ1v) is 8.34. The van der Waals surface area contributed by atoms with Crippen LogP contribution in [0.3, 0.4) is 0 Å². The molecule has 1 fully saturated rings. The molecule has 0 saturated carbocycles. The first-order valence-electron chi connectivity index (χ1n) is 7.97. The molecule has 1 aliphatic rings. The molecule has 0 radical (unpaired) electrons. The van der Waals surface area contributed by atoms with E-state index in [2.05, 4.69) is 10.1 Å². The maximum Gasteiger partial charge on any atom is 0.337 e. The van der Waals surface area contributed by atoms with E-state index in [-0.39, 0.29) is 23.8 Å². The van der Waals surface area contributed by atoms with E-state index >= 15 is 0 Å². The van der Waals surface area contributed by atoms with Crippen LogP contribution in [0.4, 0.5) is 5.69 Å². The van der Waals surface area contributed by atoms with Crippen LogP contribution in [-0.2, 0) is 20.9 Å². The summed E-state index contributed by atoms with van der Waals surface area (Å²) >= 11 is 6.09. The summed E-state index contributed by atoms with van der Waals surface area (Å²) in [6.07, 6.45) is 1.65. The molecule has 0 aliphatic carbocycles. The minimum Gasteiger partial charge on any atom is -0.467 e. The highest BCUT2D eigenvalue weighted by molar-refractivity contribution is 6.33. The van der Waals surface area contributed by atoms with Gasteiger partial charge in [-0.1, -0.05) is 11.6 Å². The summed E-state index contributed by atoms with van der Waals surface area (Å²) in [5, 5.41) is 2.98. The monoisotopic (exact) mass is 376 g/mol. The standard InChI is InChI=1S/C18H17ClN2O5/c1-25-18(24)11-4-5-14(19)15(7-11)20-17(23)12-8-16(22)21(9-12)10-13-3-2-6-26-13/h2-7,12H,8-10H2,1H3,(H,20,23). The number of carbonyl (C=O) groups excluding carboxylic acids is 3. The van der Waals surface area contributed by atoms with E-state index in [1.54, 1.807) is 17.0 Å². The Morgan fingerprint density at radius 2 is 2.19 bits per heavy atom. The molecular weight excluding hydrogens is 360 g/mol. The molecule has 1 atom stereocenters. The molecule has 26 heavy (non-hydrogen) atoms. The topological polar surface area (TPSA) is 88.8 Å². The number of carbonyl (C=O) groups is 3. The molecule has 2 amide bonds. The van der Waals surface area contributed by atoms with E-state index in [0.717, 1.165) is 0 Å². The van der Waals surface area contributed by atoms with Crippen LogP contribution in [0.15, 0.2) is 41.0 Å². The number of ether oxygens (including phenoxy) is 1. The maximum absolute atomic E-state index is 12.5. The van der Waals surface area contributed by atoms with Gasteiger partial charge in [0, 0.05) is 13.0 Å². The second kappa shape index (κ2) is 7.61. The third-order valence-corrected chi connectivity index (χ3v) is 4.49. The van der Waals surface area contributed by atoms with Gasteiger partial charge in [-0.25, -0.2) is 4.79 Å². The van der Waals surface area contributed by atoms with E-state index in [1.165, 1.54) is 31.6 Å². The Morgan fingerprint density at radius 1 is 1.38 bits per heavy atom. The number of furan rings is 1. The fourth-order valence-electron chi connectivity index (χ4n) is 2.79. The minimum absolute atomic E-state index is 0.112. The van der Waals surface area contributed by atoms with Gasteiger partial charge in [-0.15, -0.1) is 0 Å². The highest BCUT2D eigenvalue weighted by Crippen LogP contribution is 2.26. The van der Waals surface area contributed by atoms with Gasteiger partial charge in [0.2, 0.25) is 11.8 Å². The zero-order chi connectivity index (χ0) is 18.7. The van der Waals surface area contributed by atoms with Crippen LogP contribution in [0.2, 0.25) is 5.02 Å². The van der Waals surface area contributed by atoms with Crippen molar-refractivity contribution in [3.05, 3.63) is 52.9 Å². The fourth-order valence-corrected chi connectivity index (χ4v) is 2.96. The molecule has 1 aromatic heterocycles. The number of hydrogen-bond acceptors (Lipinski definition) is 5. The lowest BCUT2D eigenvalue weighted by molar-refractivity contribution is -0.128. The number of esters is 1. The van der Waals surface area contributed by atoms with Crippen LogP contribution in [0.5, 0.6) is 0 Å². The number of nitrogens with zero attached hydrogens (tertiary/aromatic N) is 1. The maximum atomic E-state index is 12.5. The molecule has 7 nitrogen and oxygen atoms in total. The molecule has 1 unspecified atom stereocenters. The summed E-state index contributed by atoms with van der Waals surface area (Å²) in [5.41, 5.74) is 0.575. The lowest BCUT2D eigenvalue weighted by Crippen LogP contribution is -2.28. The zero-order valence-electron chi connectivity index (χ0n) is 14.0. The number of amides is 2. The van der Waals surface area contributed by atoms with Gasteiger partial charge in [0.05, 0.1) is 42.1 Å². The third kappa shape index (κ3) is 3.88. The van der Waals surface area contributed by atoms with Gasteiger partial charge in [-0.3, -0.25) is 9.59 Å². The lowest BCUT2D eigenvalue weighted by atomic mass is 10.1. The third-order valence-electron chi connectivity index (χ3n) is 4.16. The predicted octanol–water partition coefficient (Wildman–Crippen LogP) is 2.71. The summed E-state index contributed by atoms with van der Waals surface area (Å²) in [6.45, 7) is 0.619. The van der Waals surface area contributed by atoms with Crippen LogP contribution >= 0.6 is 11.6 Å². The normalized spacial score (nSPS) is 16.6. The van der Waals surface area contributed by atoms with E-state index in [0.29, 0.717) is 29.6 Å². The Labute approximate surface area is 154 Å². The number of likely N-dealkylation sites (tertiary alicyclic amines) is 1. The van der Waals surface area contributed by atoms with Crippen LogP contribution in [0, 0.1) is 5.92 Å². The average molecular weight is 377 g/mol. The molecular formula is C18H17ClN2O5. The minimum atomic E-state index is -0.530. The van der Waals surface area contributed by atoms with Gasteiger partial charge in [0.15, 0.2) is 0 Å². The van der Waals surface area contributed by atoms with Gasteiger partial charge in [-0.05, 0) is 30.3 Å². The quantitative estimate of drug-likeness (QED) is 0.810. The predicted molar refractivity (Wildman–Crippen MR) is 93.7 cm³/mol. The SMILES string of the molecule is COC(=O)c1ccc(Cl)c(NC(=O)C2CC(=O)N(Cc3ccco3)C2)c1. The van der Waals surface area contributed by atoms with Crippen molar-refractivity contribution in [3.63, 3.8) is 0 Å². The fraction of sp³-hybridized carbons (Fsp3) is 0.278. The Hall–Kier alpha value is -2.80. The summed E-state index contributed by atoms with van der Waals surface area (Å²) < 4.78 is 9.90. The number of nitrogens with one attached hydrogen (secondary N) is 1. The summed E-state index contributed by atoms with van der Waals surface area (Å²) in [5.74, 6) is -0.818. The largest absolute Gasteiger partial charge is 0.467 e. The summed E-state index contributed by atoms with van der Waals surface area (Å²) in [4.78, 5) is 37.9. The van der Waals surface area contributed by atoms with Crippen molar-refractivity contribution in [3.8, 4) is 0 Å². The average Bonchev–Trinajstić information content (AvgIpc) is 3.27. The number of benzene rings is 1. The van der Waals surface area contributed by atoms with Crippen LogP contribution in [-0.4, -0.2) is 36.3 Å². The Kier molecular flexibility index (Phi) is 5.27. The van der Waals surface area contributed by atoms with Gasteiger partial charge in [0.1, 0.15) is 5.76 Å². The highest BCUT2D eigenvalue weighted by atomic mass is 35.5. The van der Waals surface area contributed by atoms with Crippen molar-refractivity contribution in [1.82, 2.24) is 4.90 Å². The van der Waals surface area contributed by atoms with E-state index in [9.17, 15) is 14.4 Å². The number of rotatable bonds is 5. The first kappa shape index (κ1) is 18.0. The number of methoxy groups -OCH3 is 1. The van der Waals surface area contributed by atoms with Gasteiger partial charge >= 0.3 is 5.97 Å². The van der Waals surface area contributed by atoms with Gasteiger partial charge in [-0.2, -0.15) is 0 Å². The van der Waals surface area contributed by atoms with Crippen LogP contribution in [0.1, 0.15) is 22.5 Å². The second-order valence-electron chi connectivity index (χ2n) is 5.93. The molecule has 0 bridgehead atoms.